The Morgan fingerprint density at radius 3 is 2.57 bits per heavy atom. The first kappa shape index (κ1) is 24.5. The van der Waals surface area contributed by atoms with Gasteiger partial charge in [-0.05, 0) is 61.2 Å². The summed E-state index contributed by atoms with van der Waals surface area (Å²) >= 11 is 1.35. The van der Waals surface area contributed by atoms with Gasteiger partial charge >= 0.3 is 0 Å². The first-order valence-electron chi connectivity index (χ1n) is 11.5. The van der Waals surface area contributed by atoms with E-state index in [1.807, 2.05) is 36.6 Å². The fourth-order valence-electron chi connectivity index (χ4n) is 4.23. The third-order valence-electron chi connectivity index (χ3n) is 5.88. The molecule has 0 saturated carbocycles. The van der Waals surface area contributed by atoms with Gasteiger partial charge in [0.05, 0.1) is 5.75 Å². The van der Waals surface area contributed by atoms with Crippen molar-refractivity contribution in [3.8, 4) is 5.75 Å². The van der Waals surface area contributed by atoms with Gasteiger partial charge in [0.25, 0.3) is 0 Å². The van der Waals surface area contributed by atoms with Gasteiger partial charge in [-0.3, -0.25) is 9.36 Å². The van der Waals surface area contributed by atoms with Crippen molar-refractivity contribution in [3.05, 3.63) is 89.3 Å². The second-order valence-electron chi connectivity index (χ2n) is 8.61. The van der Waals surface area contributed by atoms with Crippen LogP contribution in [0.3, 0.4) is 0 Å². The number of hydrogen-bond acceptors (Lipinski definition) is 5. The third kappa shape index (κ3) is 5.57. The van der Waals surface area contributed by atoms with Crippen molar-refractivity contribution in [2.24, 2.45) is 0 Å². The number of nitrogens with zero attached hydrogens (tertiary/aromatic N) is 3. The summed E-state index contributed by atoms with van der Waals surface area (Å²) in [6.07, 6.45) is 1.79. The summed E-state index contributed by atoms with van der Waals surface area (Å²) in [5, 5.41) is 14.7. The zero-order valence-corrected chi connectivity index (χ0v) is 21.4. The molecule has 0 bridgehead atoms. The average Bonchev–Trinajstić information content (AvgIpc) is 3.21. The molecule has 0 saturated heterocycles. The number of thioether (sulfide) groups is 1. The van der Waals surface area contributed by atoms with Gasteiger partial charge in [0.2, 0.25) is 5.91 Å². The van der Waals surface area contributed by atoms with Gasteiger partial charge in [-0.1, -0.05) is 65.9 Å². The molecule has 6 nitrogen and oxygen atoms in total. The first-order valence-corrected chi connectivity index (χ1v) is 12.5. The molecule has 0 aliphatic carbocycles. The van der Waals surface area contributed by atoms with Crippen LogP contribution in [0.5, 0.6) is 5.75 Å². The van der Waals surface area contributed by atoms with E-state index >= 15 is 0 Å². The van der Waals surface area contributed by atoms with Gasteiger partial charge in [0.1, 0.15) is 12.4 Å². The molecule has 35 heavy (non-hydrogen) atoms. The molecule has 7 heteroatoms. The van der Waals surface area contributed by atoms with E-state index in [4.69, 9.17) is 4.74 Å². The van der Waals surface area contributed by atoms with Crippen molar-refractivity contribution in [3.63, 3.8) is 0 Å². The Morgan fingerprint density at radius 1 is 1.09 bits per heavy atom. The maximum Gasteiger partial charge on any atom is 0.234 e. The Balaban J connectivity index is 1.44. The number of ether oxygens (including phenoxy) is 1. The smallest absolute Gasteiger partial charge is 0.234 e. The SMILES string of the molecule is C=CCn1c(COc2ccc3ccccc3c2C)nnc1SCC(=O)Nc1c(C)cc(C)cc1C. The molecule has 0 fully saturated rings. The van der Waals surface area contributed by atoms with Gasteiger partial charge in [0, 0.05) is 12.2 Å². The molecule has 4 rings (SSSR count). The van der Waals surface area contributed by atoms with Crippen LogP contribution in [0, 0.1) is 27.7 Å². The van der Waals surface area contributed by atoms with E-state index in [2.05, 4.69) is 66.3 Å². The van der Waals surface area contributed by atoms with E-state index in [0.717, 1.165) is 28.1 Å². The summed E-state index contributed by atoms with van der Waals surface area (Å²) in [7, 11) is 0. The molecule has 0 aliphatic heterocycles. The largest absolute Gasteiger partial charge is 0.485 e. The normalized spacial score (nSPS) is 11.0. The van der Waals surface area contributed by atoms with Crippen LogP contribution in [0.15, 0.2) is 66.3 Å². The van der Waals surface area contributed by atoms with Gasteiger partial charge in [-0.25, -0.2) is 0 Å². The second kappa shape index (κ2) is 10.8. The van der Waals surface area contributed by atoms with Crippen LogP contribution in [0.2, 0.25) is 0 Å². The van der Waals surface area contributed by atoms with Crippen LogP contribution in [0.25, 0.3) is 10.8 Å². The lowest BCUT2D eigenvalue weighted by atomic mass is 10.0. The van der Waals surface area contributed by atoms with Crippen LogP contribution in [0.4, 0.5) is 5.69 Å². The van der Waals surface area contributed by atoms with E-state index in [9.17, 15) is 4.79 Å². The van der Waals surface area contributed by atoms with Crippen molar-refractivity contribution >= 4 is 34.1 Å². The summed E-state index contributed by atoms with van der Waals surface area (Å²) in [6.45, 7) is 12.8. The summed E-state index contributed by atoms with van der Waals surface area (Å²) in [4.78, 5) is 12.7. The second-order valence-corrected chi connectivity index (χ2v) is 9.55. The van der Waals surface area contributed by atoms with Gasteiger partial charge in [-0.2, -0.15) is 0 Å². The fraction of sp³-hybridized carbons (Fsp3) is 0.250. The maximum absolute atomic E-state index is 12.7. The summed E-state index contributed by atoms with van der Waals surface area (Å²) in [5.74, 6) is 1.65. The highest BCUT2D eigenvalue weighted by Crippen LogP contribution is 2.28. The zero-order valence-electron chi connectivity index (χ0n) is 20.6. The molecule has 4 aromatic rings. The van der Waals surface area contributed by atoms with E-state index in [0.29, 0.717) is 17.5 Å². The highest BCUT2D eigenvalue weighted by Gasteiger charge is 2.16. The molecular weight excluding hydrogens is 456 g/mol. The standard InChI is InChI=1S/C28H30N4O2S/c1-6-13-32-25(16-34-24-12-11-22-9-7-8-10-23(22)21(24)5)30-31-28(32)35-17-26(33)29-27-19(3)14-18(2)15-20(27)4/h6-12,14-15H,1,13,16-17H2,2-5H3,(H,29,33). The third-order valence-corrected chi connectivity index (χ3v) is 6.85. The zero-order chi connectivity index (χ0) is 24.9. The molecule has 0 radical (unpaired) electrons. The molecule has 1 N–H and O–H groups in total. The first-order chi connectivity index (χ1) is 16.9. The van der Waals surface area contributed by atoms with E-state index in [1.165, 1.54) is 28.1 Å². The lowest BCUT2D eigenvalue weighted by molar-refractivity contribution is -0.113. The lowest BCUT2D eigenvalue weighted by Gasteiger charge is -2.13. The number of amides is 1. The quantitative estimate of drug-likeness (QED) is 0.227. The number of hydrogen-bond donors (Lipinski definition) is 1. The minimum atomic E-state index is -0.0807. The highest BCUT2D eigenvalue weighted by atomic mass is 32.2. The number of aryl methyl sites for hydroxylation is 4. The monoisotopic (exact) mass is 486 g/mol. The highest BCUT2D eigenvalue weighted by molar-refractivity contribution is 7.99. The Morgan fingerprint density at radius 2 is 1.83 bits per heavy atom. The summed E-state index contributed by atoms with van der Waals surface area (Å²) in [6, 6.07) is 16.4. The Kier molecular flexibility index (Phi) is 7.56. The fourth-order valence-corrected chi connectivity index (χ4v) is 5.00. The van der Waals surface area contributed by atoms with Gasteiger partial charge in [-0.15, -0.1) is 16.8 Å². The van der Waals surface area contributed by atoms with Crippen LogP contribution in [0.1, 0.15) is 28.1 Å². The van der Waals surface area contributed by atoms with Gasteiger partial charge in [0.15, 0.2) is 11.0 Å². The molecule has 1 amide bonds. The van der Waals surface area contributed by atoms with Crippen LogP contribution >= 0.6 is 11.8 Å². The van der Waals surface area contributed by atoms with E-state index in [1.54, 1.807) is 6.08 Å². The van der Waals surface area contributed by atoms with Crippen molar-refractivity contribution in [2.75, 3.05) is 11.1 Å². The number of benzene rings is 3. The molecule has 1 aromatic heterocycles. The Hall–Kier alpha value is -3.58. The lowest BCUT2D eigenvalue weighted by Crippen LogP contribution is -2.16. The van der Waals surface area contributed by atoms with Crippen molar-refractivity contribution < 1.29 is 9.53 Å². The molecule has 0 aliphatic rings. The predicted octanol–water partition coefficient (Wildman–Crippen LogP) is 6.16. The molecule has 3 aromatic carbocycles. The topological polar surface area (TPSA) is 69.0 Å². The number of rotatable bonds is 9. The number of anilines is 1. The number of aromatic nitrogens is 3. The Labute approximate surface area is 210 Å². The summed E-state index contributed by atoms with van der Waals surface area (Å²) in [5.41, 5.74) is 5.25. The number of fused-ring (bicyclic) bond motifs is 1. The minimum absolute atomic E-state index is 0.0807. The van der Waals surface area contributed by atoms with Crippen LogP contribution in [-0.4, -0.2) is 26.4 Å². The van der Waals surface area contributed by atoms with Crippen molar-refractivity contribution in [1.82, 2.24) is 14.8 Å². The van der Waals surface area contributed by atoms with Crippen LogP contribution < -0.4 is 10.1 Å². The number of carbonyl (C=O) groups is 1. The van der Waals surface area contributed by atoms with Crippen molar-refractivity contribution in [2.45, 2.75) is 46.0 Å². The van der Waals surface area contributed by atoms with Crippen LogP contribution in [-0.2, 0) is 17.9 Å². The molecule has 0 atom stereocenters. The minimum Gasteiger partial charge on any atom is -0.485 e. The van der Waals surface area contributed by atoms with Gasteiger partial charge < -0.3 is 10.1 Å². The average molecular weight is 487 g/mol. The molecular formula is C28H30N4O2S. The van der Waals surface area contributed by atoms with E-state index in [-0.39, 0.29) is 18.3 Å². The van der Waals surface area contributed by atoms with E-state index < -0.39 is 0 Å². The molecule has 0 spiro atoms. The summed E-state index contributed by atoms with van der Waals surface area (Å²) < 4.78 is 8.06. The molecule has 180 valence electrons. The van der Waals surface area contributed by atoms with Crippen molar-refractivity contribution in [1.29, 1.82) is 0 Å². The molecule has 0 unspecified atom stereocenters. The maximum atomic E-state index is 12.7. The molecule has 1 heterocycles. The number of nitrogens with one attached hydrogen (secondary N) is 1. The number of carbonyl (C=O) groups excluding carboxylic acids is 1. The predicted molar refractivity (Wildman–Crippen MR) is 143 cm³/mol. The Bertz CT molecular complexity index is 1370. The number of allylic oxidation sites excluding steroid dienone is 1.